The molecule has 28 heavy (non-hydrogen) atoms. The molecule has 0 bridgehead atoms. The molecule has 0 aliphatic rings. The standard InChI is InChI=1S/C20H14N4O3S/c1-13(25)14-4-2-6-17(8-14)22-11-16(10-21)20-23-19(12-28-20)15-5-3-7-18(9-15)24(26)27/h2-9,11-12,22H,1H3/b16-11+. The second-order valence-electron chi connectivity index (χ2n) is 5.80. The predicted octanol–water partition coefficient (Wildman–Crippen LogP) is 4.90. The van der Waals surface area contributed by atoms with Gasteiger partial charge in [0.2, 0.25) is 0 Å². The lowest BCUT2D eigenvalue weighted by molar-refractivity contribution is -0.384. The highest BCUT2D eigenvalue weighted by Crippen LogP contribution is 2.28. The lowest BCUT2D eigenvalue weighted by atomic mass is 10.1. The molecule has 138 valence electrons. The molecule has 1 N–H and O–H groups in total. The molecular weight excluding hydrogens is 376 g/mol. The SMILES string of the molecule is CC(=O)c1cccc(N/C=C(\C#N)c2nc(-c3cccc([N+](=O)[O-])c3)cs2)c1. The molecule has 3 rings (SSSR count). The van der Waals surface area contributed by atoms with E-state index in [-0.39, 0.29) is 11.5 Å². The third-order valence-electron chi connectivity index (χ3n) is 3.86. The van der Waals surface area contributed by atoms with Crippen LogP contribution in [-0.4, -0.2) is 15.7 Å². The number of nitro benzene ring substituents is 1. The smallest absolute Gasteiger partial charge is 0.270 e. The summed E-state index contributed by atoms with van der Waals surface area (Å²) in [7, 11) is 0. The zero-order valence-electron chi connectivity index (χ0n) is 14.7. The molecule has 3 aromatic rings. The Morgan fingerprint density at radius 3 is 2.79 bits per heavy atom. The van der Waals surface area contributed by atoms with Crippen LogP contribution in [0.25, 0.3) is 16.8 Å². The van der Waals surface area contributed by atoms with E-state index in [1.54, 1.807) is 41.8 Å². The third kappa shape index (κ3) is 4.28. The van der Waals surface area contributed by atoms with Gasteiger partial charge in [0.1, 0.15) is 16.6 Å². The normalized spacial score (nSPS) is 10.9. The Morgan fingerprint density at radius 2 is 2.07 bits per heavy atom. The first kappa shape index (κ1) is 18.9. The molecule has 8 heteroatoms. The molecule has 0 fully saturated rings. The largest absolute Gasteiger partial charge is 0.360 e. The number of hydrogen-bond acceptors (Lipinski definition) is 7. The highest BCUT2D eigenvalue weighted by molar-refractivity contribution is 7.11. The molecule has 2 aromatic carbocycles. The van der Waals surface area contributed by atoms with Crippen molar-refractivity contribution in [3.05, 3.63) is 80.8 Å². The van der Waals surface area contributed by atoms with Crippen LogP contribution >= 0.6 is 11.3 Å². The number of allylic oxidation sites excluding steroid dienone is 1. The van der Waals surface area contributed by atoms with E-state index >= 15 is 0 Å². The van der Waals surface area contributed by atoms with Gasteiger partial charge in [-0.05, 0) is 19.1 Å². The summed E-state index contributed by atoms with van der Waals surface area (Å²) in [6, 6.07) is 15.2. The summed E-state index contributed by atoms with van der Waals surface area (Å²) in [5.74, 6) is -0.0466. The number of nitriles is 1. The predicted molar refractivity (Wildman–Crippen MR) is 108 cm³/mol. The molecule has 1 aromatic heterocycles. The van der Waals surface area contributed by atoms with E-state index in [9.17, 15) is 20.2 Å². The first-order valence-electron chi connectivity index (χ1n) is 8.16. The average molecular weight is 390 g/mol. The number of non-ortho nitro benzene ring substituents is 1. The van der Waals surface area contributed by atoms with Gasteiger partial charge in [-0.1, -0.05) is 24.3 Å². The quantitative estimate of drug-likeness (QED) is 0.277. The van der Waals surface area contributed by atoms with E-state index in [0.29, 0.717) is 33.1 Å². The minimum atomic E-state index is -0.462. The number of nitro groups is 1. The van der Waals surface area contributed by atoms with Crippen molar-refractivity contribution in [2.24, 2.45) is 0 Å². The number of rotatable bonds is 6. The Kier molecular flexibility index (Phi) is 5.58. The maximum Gasteiger partial charge on any atom is 0.270 e. The number of nitrogens with zero attached hydrogens (tertiary/aromatic N) is 3. The number of carbonyl (C=O) groups is 1. The Bertz CT molecular complexity index is 1130. The van der Waals surface area contributed by atoms with Gasteiger partial charge >= 0.3 is 0 Å². The maximum atomic E-state index is 11.5. The summed E-state index contributed by atoms with van der Waals surface area (Å²) < 4.78 is 0. The molecule has 0 aliphatic heterocycles. The molecular formula is C20H14N4O3S. The number of anilines is 1. The van der Waals surface area contributed by atoms with Crippen LogP contribution in [0.4, 0.5) is 11.4 Å². The maximum absolute atomic E-state index is 11.5. The van der Waals surface area contributed by atoms with Crippen molar-refractivity contribution < 1.29 is 9.72 Å². The van der Waals surface area contributed by atoms with Gasteiger partial charge in [-0.2, -0.15) is 5.26 Å². The molecule has 0 saturated heterocycles. The highest BCUT2D eigenvalue weighted by Gasteiger charge is 2.12. The van der Waals surface area contributed by atoms with E-state index in [2.05, 4.69) is 16.4 Å². The van der Waals surface area contributed by atoms with Crippen molar-refractivity contribution in [1.29, 1.82) is 5.26 Å². The summed E-state index contributed by atoms with van der Waals surface area (Å²) in [5.41, 5.74) is 2.71. The number of hydrogen-bond donors (Lipinski definition) is 1. The van der Waals surface area contributed by atoms with Crippen LogP contribution in [0.3, 0.4) is 0 Å². The number of nitrogens with one attached hydrogen (secondary N) is 1. The fourth-order valence-electron chi connectivity index (χ4n) is 2.43. The van der Waals surface area contributed by atoms with E-state index in [0.717, 1.165) is 0 Å². The summed E-state index contributed by atoms with van der Waals surface area (Å²) in [4.78, 5) is 26.4. The fourth-order valence-corrected chi connectivity index (χ4v) is 3.23. The first-order valence-corrected chi connectivity index (χ1v) is 9.04. The van der Waals surface area contributed by atoms with Crippen molar-refractivity contribution in [3.8, 4) is 17.3 Å². The minimum Gasteiger partial charge on any atom is -0.360 e. The Balaban J connectivity index is 1.84. The molecule has 0 saturated carbocycles. The van der Waals surface area contributed by atoms with Crippen LogP contribution in [-0.2, 0) is 0 Å². The summed E-state index contributed by atoms with van der Waals surface area (Å²) >= 11 is 1.27. The molecule has 0 aliphatic carbocycles. The van der Waals surface area contributed by atoms with Crippen LogP contribution in [0.15, 0.2) is 60.1 Å². The van der Waals surface area contributed by atoms with Gasteiger partial charge in [-0.25, -0.2) is 4.98 Å². The van der Waals surface area contributed by atoms with Gasteiger partial charge in [0.25, 0.3) is 5.69 Å². The fraction of sp³-hybridized carbons (Fsp3) is 0.0500. The van der Waals surface area contributed by atoms with Gasteiger partial charge in [0.15, 0.2) is 5.78 Å². The van der Waals surface area contributed by atoms with E-state index in [1.807, 2.05) is 0 Å². The summed E-state index contributed by atoms with van der Waals surface area (Å²) in [6.45, 7) is 1.49. The van der Waals surface area contributed by atoms with Gasteiger partial charge in [0, 0.05) is 40.5 Å². The third-order valence-corrected chi connectivity index (χ3v) is 4.74. The van der Waals surface area contributed by atoms with Crippen molar-refractivity contribution >= 4 is 34.1 Å². The van der Waals surface area contributed by atoms with Crippen LogP contribution in [0.1, 0.15) is 22.3 Å². The molecule has 0 spiro atoms. The van der Waals surface area contributed by atoms with E-state index in [1.165, 1.54) is 36.6 Å². The van der Waals surface area contributed by atoms with Crippen molar-refractivity contribution in [3.63, 3.8) is 0 Å². The second-order valence-corrected chi connectivity index (χ2v) is 6.65. The molecule has 0 amide bonds. The number of Topliss-reactive ketones (excluding diaryl/α,β-unsaturated/α-hetero) is 1. The topological polar surface area (TPSA) is 109 Å². The zero-order chi connectivity index (χ0) is 20.1. The lowest BCUT2D eigenvalue weighted by Gasteiger charge is -2.03. The Labute approximate surface area is 164 Å². The summed E-state index contributed by atoms with van der Waals surface area (Å²) in [6.07, 6.45) is 1.52. The van der Waals surface area contributed by atoms with Crippen LogP contribution in [0, 0.1) is 21.4 Å². The summed E-state index contributed by atoms with van der Waals surface area (Å²) in [5, 5.41) is 25.6. The number of ketones is 1. The van der Waals surface area contributed by atoms with Crippen molar-refractivity contribution in [2.45, 2.75) is 6.92 Å². The average Bonchev–Trinajstić information content (AvgIpc) is 3.19. The van der Waals surface area contributed by atoms with Crippen molar-refractivity contribution in [1.82, 2.24) is 4.98 Å². The van der Waals surface area contributed by atoms with E-state index < -0.39 is 4.92 Å². The number of aromatic nitrogens is 1. The van der Waals surface area contributed by atoms with Crippen LogP contribution in [0.2, 0.25) is 0 Å². The van der Waals surface area contributed by atoms with Crippen LogP contribution < -0.4 is 5.32 Å². The van der Waals surface area contributed by atoms with Gasteiger partial charge < -0.3 is 5.32 Å². The van der Waals surface area contributed by atoms with E-state index in [4.69, 9.17) is 0 Å². The first-order chi connectivity index (χ1) is 13.5. The monoisotopic (exact) mass is 390 g/mol. The van der Waals surface area contributed by atoms with Crippen LogP contribution in [0.5, 0.6) is 0 Å². The number of thiazole rings is 1. The minimum absolute atomic E-state index is 0.0184. The second kappa shape index (κ2) is 8.24. The number of carbonyl (C=O) groups excluding carboxylic acids is 1. The highest BCUT2D eigenvalue weighted by atomic mass is 32.1. The Hall–Kier alpha value is -3.83. The zero-order valence-corrected chi connectivity index (χ0v) is 15.6. The lowest BCUT2D eigenvalue weighted by Crippen LogP contribution is -1.95. The molecule has 0 atom stereocenters. The Morgan fingerprint density at radius 1 is 1.29 bits per heavy atom. The molecule has 0 unspecified atom stereocenters. The molecule has 0 radical (unpaired) electrons. The van der Waals surface area contributed by atoms with Gasteiger partial charge in [-0.15, -0.1) is 11.3 Å². The van der Waals surface area contributed by atoms with Gasteiger partial charge in [-0.3, -0.25) is 14.9 Å². The number of benzene rings is 2. The molecule has 7 nitrogen and oxygen atoms in total. The van der Waals surface area contributed by atoms with Crippen molar-refractivity contribution in [2.75, 3.05) is 5.32 Å². The van der Waals surface area contributed by atoms with Gasteiger partial charge in [0.05, 0.1) is 10.6 Å². The molecule has 1 heterocycles.